The van der Waals surface area contributed by atoms with Crippen LogP contribution in [0.15, 0.2) is 24.5 Å². The SMILES string of the molecule is CC(N)CNCCc1ccncc1. The maximum atomic E-state index is 5.60. The van der Waals surface area contributed by atoms with E-state index in [1.807, 2.05) is 31.5 Å². The van der Waals surface area contributed by atoms with Gasteiger partial charge in [-0.25, -0.2) is 0 Å². The first-order chi connectivity index (χ1) is 6.29. The monoisotopic (exact) mass is 179 g/mol. The molecule has 0 saturated carbocycles. The van der Waals surface area contributed by atoms with Crippen molar-refractivity contribution in [2.45, 2.75) is 19.4 Å². The minimum Gasteiger partial charge on any atom is -0.327 e. The molecule has 0 fully saturated rings. The average molecular weight is 179 g/mol. The third-order valence-corrected chi connectivity index (χ3v) is 1.81. The van der Waals surface area contributed by atoms with Gasteiger partial charge >= 0.3 is 0 Å². The van der Waals surface area contributed by atoms with Crippen molar-refractivity contribution in [3.63, 3.8) is 0 Å². The topological polar surface area (TPSA) is 50.9 Å². The highest BCUT2D eigenvalue weighted by atomic mass is 14.9. The lowest BCUT2D eigenvalue weighted by molar-refractivity contribution is 0.608. The van der Waals surface area contributed by atoms with Crippen LogP contribution in [0.2, 0.25) is 0 Å². The zero-order valence-corrected chi connectivity index (χ0v) is 8.03. The molecule has 1 heterocycles. The lowest BCUT2D eigenvalue weighted by Crippen LogP contribution is -2.32. The highest BCUT2D eigenvalue weighted by molar-refractivity contribution is 5.09. The summed E-state index contributed by atoms with van der Waals surface area (Å²) < 4.78 is 0. The van der Waals surface area contributed by atoms with E-state index in [-0.39, 0.29) is 6.04 Å². The molecule has 3 heteroatoms. The Bertz CT molecular complexity index is 221. The van der Waals surface area contributed by atoms with E-state index in [0.29, 0.717) is 0 Å². The molecule has 0 amide bonds. The lowest BCUT2D eigenvalue weighted by atomic mass is 10.2. The Morgan fingerprint density at radius 3 is 2.77 bits per heavy atom. The summed E-state index contributed by atoms with van der Waals surface area (Å²) >= 11 is 0. The Labute approximate surface area is 79.4 Å². The van der Waals surface area contributed by atoms with Crippen LogP contribution in [0.3, 0.4) is 0 Å². The molecule has 0 spiro atoms. The van der Waals surface area contributed by atoms with Crippen LogP contribution in [-0.2, 0) is 6.42 Å². The normalized spacial score (nSPS) is 12.8. The minimum atomic E-state index is 0.234. The molecule has 1 aromatic heterocycles. The molecule has 3 N–H and O–H groups in total. The van der Waals surface area contributed by atoms with Gasteiger partial charge in [0.15, 0.2) is 0 Å². The van der Waals surface area contributed by atoms with Crippen molar-refractivity contribution in [3.8, 4) is 0 Å². The van der Waals surface area contributed by atoms with E-state index >= 15 is 0 Å². The van der Waals surface area contributed by atoms with Crippen molar-refractivity contribution in [2.24, 2.45) is 5.73 Å². The molecule has 1 atom stereocenters. The third kappa shape index (κ3) is 4.60. The molecule has 0 saturated heterocycles. The van der Waals surface area contributed by atoms with Crippen LogP contribution in [0.4, 0.5) is 0 Å². The minimum absolute atomic E-state index is 0.234. The molecule has 1 unspecified atom stereocenters. The molecule has 13 heavy (non-hydrogen) atoms. The van der Waals surface area contributed by atoms with Gasteiger partial charge in [0.2, 0.25) is 0 Å². The molecule has 72 valence electrons. The van der Waals surface area contributed by atoms with Crippen LogP contribution < -0.4 is 11.1 Å². The van der Waals surface area contributed by atoms with Gasteiger partial charge < -0.3 is 11.1 Å². The Kier molecular flexibility index (Phi) is 4.43. The highest BCUT2D eigenvalue weighted by Gasteiger charge is 1.93. The summed E-state index contributed by atoms with van der Waals surface area (Å²) in [6, 6.07) is 4.30. The number of rotatable bonds is 5. The molecule has 3 nitrogen and oxygen atoms in total. The molecule has 0 radical (unpaired) electrons. The number of hydrogen-bond acceptors (Lipinski definition) is 3. The van der Waals surface area contributed by atoms with Crippen LogP contribution >= 0.6 is 0 Å². The second kappa shape index (κ2) is 5.67. The zero-order valence-electron chi connectivity index (χ0n) is 8.03. The number of nitrogens with one attached hydrogen (secondary N) is 1. The fourth-order valence-electron chi connectivity index (χ4n) is 1.11. The summed E-state index contributed by atoms with van der Waals surface area (Å²) in [4.78, 5) is 3.96. The van der Waals surface area contributed by atoms with Crippen LogP contribution in [-0.4, -0.2) is 24.1 Å². The van der Waals surface area contributed by atoms with E-state index in [9.17, 15) is 0 Å². The molecule has 0 aliphatic carbocycles. The fourth-order valence-corrected chi connectivity index (χ4v) is 1.11. The van der Waals surface area contributed by atoms with Gasteiger partial charge in [-0.2, -0.15) is 0 Å². The summed E-state index contributed by atoms with van der Waals surface area (Å²) in [7, 11) is 0. The second-order valence-corrected chi connectivity index (χ2v) is 3.29. The van der Waals surface area contributed by atoms with E-state index in [1.54, 1.807) is 0 Å². The molecule has 0 aromatic carbocycles. The standard InChI is InChI=1S/C10H17N3/c1-9(11)8-13-7-4-10-2-5-12-6-3-10/h2-3,5-6,9,13H,4,7-8,11H2,1H3. The van der Waals surface area contributed by atoms with Gasteiger partial charge in [-0.15, -0.1) is 0 Å². The van der Waals surface area contributed by atoms with Crippen molar-refractivity contribution < 1.29 is 0 Å². The van der Waals surface area contributed by atoms with Crippen molar-refractivity contribution in [2.75, 3.05) is 13.1 Å². The number of nitrogens with zero attached hydrogens (tertiary/aromatic N) is 1. The molecular weight excluding hydrogens is 162 g/mol. The molecule has 1 rings (SSSR count). The largest absolute Gasteiger partial charge is 0.327 e. The van der Waals surface area contributed by atoms with Crippen LogP contribution in [0.25, 0.3) is 0 Å². The fraction of sp³-hybridized carbons (Fsp3) is 0.500. The van der Waals surface area contributed by atoms with Crippen LogP contribution in [0.1, 0.15) is 12.5 Å². The molecule has 0 aliphatic heterocycles. The highest BCUT2D eigenvalue weighted by Crippen LogP contribution is 1.95. The lowest BCUT2D eigenvalue weighted by Gasteiger charge is -2.06. The Balaban J connectivity index is 2.13. The van der Waals surface area contributed by atoms with Gasteiger partial charge in [0.25, 0.3) is 0 Å². The smallest absolute Gasteiger partial charge is 0.0270 e. The molecule has 0 aliphatic rings. The average Bonchev–Trinajstić information content (AvgIpc) is 2.14. The summed E-state index contributed by atoms with van der Waals surface area (Å²) in [5.74, 6) is 0. The van der Waals surface area contributed by atoms with Gasteiger partial charge in [0.1, 0.15) is 0 Å². The van der Waals surface area contributed by atoms with E-state index in [2.05, 4.69) is 10.3 Å². The first kappa shape index (κ1) is 10.2. The molecular formula is C10H17N3. The van der Waals surface area contributed by atoms with E-state index < -0.39 is 0 Å². The van der Waals surface area contributed by atoms with E-state index in [0.717, 1.165) is 19.5 Å². The Morgan fingerprint density at radius 2 is 2.15 bits per heavy atom. The first-order valence-corrected chi connectivity index (χ1v) is 4.64. The van der Waals surface area contributed by atoms with Crippen molar-refractivity contribution in [1.29, 1.82) is 0 Å². The second-order valence-electron chi connectivity index (χ2n) is 3.29. The van der Waals surface area contributed by atoms with Gasteiger partial charge in [0, 0.05) is 25.0 Å². The Hall–Kier alpha value is -0.930. The predicted molar refractivity (Wildman–Crippen MR) is 54.5 cm³/mol. The molecule has 1 aromatic rings. The first-order valence-electron chi connectivity index (χ1n) is 4.64. The number of aromatic nitrogens is 1. The summed E-state index contributed by atoms with van der Waals surface area (Å²) in [5.41, 5.74) is 6.91. The number of nitrogens with two attached hydrogens (primary N) is 1. The quantitative estimate of drug-likeness (QED) is 0.649. The van der Waals surface area contributed by atoms with Gasteiger partial charge in [0.05, 0.1) is 0 Å². The zero-order chi connectivity index (χ0) is 9.52. The van der Waals surface area contributed by atoms with E-state index in [4.69, 9.17) is 5.73 Å². The third-order valence-electron chi connectivity index (χ3n) is 1.81. The van der Waals surface area contributed by atoms with Gasteiger partial charge in [-0.3, -0.25) is 4.98 Å². The number of hydrogen-bond donors (Lipinski definition) is 2. The van der Waals surface area contributed by atoms with Crippen LogP contribution in [0.5, 0.6) is 0 Å². The van der Waals surface area contributed by atoms with Crippen molar-refractivity contribution in [1.82, 2.24) is 10.3 Å². The maximum absolute atomic E-state index is 5.60. The van der Waals surface area contributed by atoms with E-state index in [1.165, 1.54) is 5.56 Å². The summed E-state index contributed by atoms with van der Waals surface area (Å²) in [6.45, 7) is 3.86. The van der Waals surface area contributed by atoms with Crippen molar-refractivity contribution in [3.05, 3.63) is 30.1 Å². The van der Waals surface area contributed by atoms with Gasteiger partial charge in [-0.05, 0) is 37.6 Å². The number of pyridine rings is 1. The van der Waals surface area contributed by atoms with Gasteiger partial charge in [-0.1, -0.05) is 0 Å². The van der Waals surface area contributed by atoms with Crippen molar-refractivity contribution >= 4 is 0 Å². The summed E-state index contributed by atoms with van der Waals surface area (Å²) in [5, 5.41) is 3.29. The predicted octanol–water partition coefficient (Wildman–Crippen LogP) is 0.561. The van der Waals surface area contributed by atoms with Crippen LogP contribution in [0, 0.1) is 0 Å². The Morgan fingerprint density at radius 1 is 1.46 bits per heavy atom. The maximum Gasteiger partial charge on any atom is 0.0270 e. The summed E-state index contributed by atoms with van der Waals surface area (Å²) in [6.07, 6.45) is 4.68. The molecule has 0 bridgehead atoms.